The molecule has 0 aliphatic carbocycles. The number of carbonyl (C=O) groups excluding carboxylic acids is 2. The maximum atomic E-state index is 13.0. The van der Waals surface area contributed by atoms with Gasteiger partial charge in [0.05, 0.1) is 12.9 Å². The van der Waals surface area contributed by atoms with Gasteiger partial charge in [-0.2, -0.15) is 14.9 Å². The van der Waals surface area contributed by atoms with E-state index in [4.69, 9.17) is 14.2 Å². The molecule has 18 nitrogen and oxygen atoms in total. The molecule has 5 N–H and O–H groups in total. The van der Waals surface area contributed by atoms with Crippen LogP contribution < -0.4 is 9.80 Å². The first-order valence-corrected chi connectivity index (χ1v) is 12.1. The zero-order chi connectivity index (χ0) is 31.2. The first kappa shape index (κ1) is 31.4. The minimum atomic E-state index is -2.08. The van der Waals surface area contributed by atoms with Gasteiger partial charge in [0, 0.05) is 0 Å². The molecule has 3 heterocycles. The average molecular weight is 585 g/mol. The second-order valence-electron chi connectivity index (χ2n) is 11.2. The van der Waals surface area contributed by atoms with Crippen molar-refractivity contribution in [2.45, 2.75) is 83.7 Å². The van der Waals surface area contributed by atoms with E-state index >= 15 is 0 Å². The third-order valence-corrected chi connectivity index (χ3v) is 5.52. The van der Waals surface area contributed by atoms with Crippen molar-refractivity contribution in [3.05, 3.63) is 6.33 Å². The maximum Gasteiger partial charge on any atom is 0.427 e. The highest BCUT2D eigenvalue weighted by atomic mass is 16.6. The molecule has 3 rings (SSSR count). The van der Waals surface area contributed by atoms with E-state index in [2.05, 4.69) is 15.0 Å². The number of aliphatic hydroxyl groups is 3. The Morgan fingerprint density at radius 1 is 1.00 bits per heavy atom. The van der Waals surface area contributed by atoms with Gasteiger partial charge in [-0.05, 0) is 48.5 Å². The second-order valence-corrected chi connectivity index (χ2v) is 11.2. The Morgan fingerprint density at radius 3 is 1.95 bits per heavy atom. The van der Waals surface area contributed by atoms with Crippen molar-refractivity contribution in [1.82, 2.24) is 19.5 Å². The van der Waals surface area contributed by atoms with Crippen molar-refractivity contribution in [3.8, 4) is 0 Å². The van der Waals surface area contributed by atoms with Gasteiger partial charge in [0.15, 0.2) is 23.2 Å². The second kappa shape index (κ2) is 10.7. The number of fused-ring (bicyclic) bond motifs is 1. The highest BCUT2D eigenvalue weighted by Crippen LogP contribution is 2.40. The quantitative estimate of drug-likeness (QED) is 0.343. The summed E-state index contributed by atoms with van der Waals surface area (Å²) >= 11 is 0. The molecule has 0 radical (unpaired) electrons. The molecule has 2 aromatic rings. The molecule has 2 aromatic heterocycles. The fraction of sp³-hybridized carbons (Fsp3) is 0.609. The zero-order valence-electron chi connectivity index (χ0n) is 23.3. The smallest absolute Gasteiger partial charge is 0.427 e. The van der Waals surface area contributed by atoms with Gasteiger partial charge in [0.25, 0.3) is 0 Å². The topological polar surface area (TPSA) is 247 Å². The number of carbonyl (C=O) groups is 4. The summed E-state index contributed by atoms with van der Waals surface area (Å²) in [4.78, 5) is 62.3. The number of imide groups is 2. The first-order valence-electron chi connectivity index (χ1n) is 12.1. The van der Waals surface area contributed by atoms with Crippen LogP contribution in [-0.4, -0.2) is 105 Å². The molecule has 0 bridgehead atoms. The standard InChI is InChI=1S/C23H32N6O12/c1-21(2,3)40-19(36)28(17(32)33)14-11-13(25-16(26-14)29(18(34)35)20(37)41-22(4,5)6)27(9-24-11)15-23(7,38)12(31)10(8-30)39-15/h9-10,12,15,30-31,38H,8H2,1-7H3,(H,32,33)(H,34,35)/t10-,12-,15-,23+/m1/s1. The third kappa shape index (κ3) is 6.29. The number of hydrogen-bond acceptors (Lipinski definition) is 13. The van der Waals surface area contributed by atoms with E-state index < -0.39 is 89.1 Å². The van der Waals surface area contributed by atoms with Gasteiger partial charge in [0.2, 0.25) is 5.95 Å². The molecule has 0 saturated carbocycles. The van der Waals surface area contributed by atoms with E-state index in [1.54, 1.807) is 0 Å². The summed E-state index contributed by atoms with van der Waals surface area (Å²) in [6.45, 7) is 9.29. The van der Waals surface area contributed by atoms with E-state index in [9.17, 15) is 44.7 Å². The third-order valence-electron chi connectivity index (χ3n) is 5.52. The number of aliphatic hydroxyl groups excluding tert-OH is 2. The van der Waals surface area contributed by atoms with Gasteiger partial charge >= 0.3 is 24.4 Å². The minimum Gasteiger partial charge on any atom is -0.464 e. The molecule has 1 saturated heterocycles. The van der Waals surface area contributed by atoms with Gasteiger partial charge in [-0.25, -0.2) is 24.2 Å². The molecule has 41 heavy (non-hydrogen) atoms. The van der Waals surface area contributed by atoms with Gasteiger partial charge in [0.1, 0.15) is 29.0 Å². The van der Waals surface area contributed by atoms with Gasteiger partial charge in [-0.15, -0.1) is 4.90 Å². The first-order chi connectivity index (χ1) is 18.7. The van der Waals surface area contributed by atoms with Crippen LogP contribution in [-0.2, 0) is 14.2 Å². The number of nitrogens with zero attached hydrogens (tertiary/aromatic N) is 6. The van der Waals surface area contributed by atoms with E-state index in [-0.39, 0.29) is 9.80 Å². The van der Waals surface area contributed by atoms with Crippen molar-refractivity contribution in [2.75, 3.05) is 16.4 Å². The van der Waals surface area contributed by atoms with Crippen LogP contribution in [0.15, 0.2) is 6.33 Å². The average Bonchev–Trinajstić information content (AvgIpc) is 3.29. The molecule has 0 spiro atoms. The Kier molecular flexibility index (Phi) is 8.19. The lowest BCUT2D eigenvalue weighted by Gasteiger charge is -2.28. The monoisotopic (exact) mass is 584 g/mol. The lowest BCUT2D eigenvalue weighted by atomic mass is 9.96. The van der Waals surface area contributed by atoms with E-state index in [0.29, 0.717) is 0 Å². The molecule has 4 atom stereocenters. The number of rotatable bonds is 4. The number of carboxylic acid groups (broad SMARTS) is 2. The Morgan fingerprint density at radius 2 is 1.51 bits per heavy atom. The number of hydrogen-bond donors (Lipinski definition) is 5. The van der Waals surface area contributed by atoms with Gasteiger partial charge < -0.3 is 39.7 Å². The van der Waals surface area contributed by atoms with Gasteiger partial charge in [-0.3, -0.25) is 4.57 Å². The van der Waals surface area contributed by atoms with Crippen LogP contribution in [0.5, 0.6) is 0 Å². The number of anilines is 2. The predicted octanol–water partition coefficient (Wildman–Crippen LogP) is 1.67. The van der Waals surface area contributed by atoms with Crippen LogP contribution in [0.1, 0.15) is 54.7 Å². The minimum absolute atomic E-state index is 0.0281. The highest BCUT2D eigenvalue weighted by Gasteiger charge is 2.53. The molecule has 226 valence electrons. The summed E-state index contributed by atoms with van der Waals surface area (Å²) in [7, 11) is 0. The highest BCUT2D eigenvalue weighted by molar-refractivity contribution is 6.13. The Balaban J connectivity index is 2.34. The van der Waals surface area contributed by atoms with Crippen molar-refractivity contribution in [1.29, 1.82) is 0 Å². The summed E-state index contributed by atoms with van der Waals surface area (Å²) in [5, 5.41) is 50.8. The number of aromatic nitrogens is 4. The molecule has 0 unspecified atom stereocenters. The van der Waals surface area contributed by atoms with Crippen molar-refractivity contribution in [3.63, 3.8) is 0 Å². The summed E-state index contributed by atoms with van der Waals surface area (Å²) < 4.78 is 16.9. The molecule has 4 amide bonds. The lowest BCUT2D eigenvalue weighted by molar-refractivity contribution is -0.0950. The summed E-state index contributed by atoms with van der Waals surface area (Å²) in [5.74, 6) is -1.76. The van der Waals surface area contributed by atoms with Crippen LogP contribution in [0, 0.1) is 0 Å². The molecule has 1 aliphatic heterocycles. The number of ether oxygens (including phenoxy) is 3. The SMILES string of the molecule is CC(C)(C)OC(=O)N(C(=O)O)c1nc(N(C(=O)O)C(=O)OC(C)(C)C)c2ncn([C@@H]3O[C@H](CO)[C@@H](O)[C@]3(C)O)c2n1. The van der Waals surface area contributed by atoms with Gasteiger partial charge in [-0.1, -0.05) is 0 Å². The van der Waals surface area contributed by atoms with Crippen molar-refractivity contribution < 1.29 is 58.9 Å². The van der Waals surface area contributed by atoms with Crippen LogP contribution in [0.2, 0.25) is 0 Å². The fourth-order valence-electron chi connectivity index (χ4n) is 3.82. The van der Waals surface area contributed by atoms with E-state index in [0.717, 1.165) is 10.9 Å². The number of amides is 4. The van der Waals surface area contributed by atoms with Crippen LogP contribution in [0.4, 0.5) is 30.9 Å². The normalized spacial score (nSPS) is 22.8. The van der Waals surface area contributed by atoms with Crippen molar-refractivity contribution >= 4 is 47.3 Å². The lowest BCUT2D eigenvalue weighted by Crippen LogP contribution is -2.44. The molecule has 18 heteroatoms. The van der Waals surface area contributed by atoms with Crippen LogP contribution in [0.3, 0.4) is 0 Å². The Bertz CT molecular complexity index is 1360. The summed E-state index contributed by atoms with van der Waals surface area (Å²) in [5.41, 5.74) is -5.27. The molecule has 0 aromatic carbocycles. The zero-order valence-corrected chi connectivity index (χ0v) is 23.3. The largest absolute Gasteiger partial charge is 0.464 e. The Hall–Kier alpha value is -4.13. The van der Waals surface area contributed by atoms with Crippen LogP contribution in [0.25, 0.3) is 11.2 Å². The molecule has 1 aliphatic rings. The molecular formula is C23H32N6O12. The maximum absolute atomic E-state index is 13.0. The van der Waals surface area contributed by atoms with Crippen molar-refractivity contribution in [2.24, 2.45) is 0 Å². The Labute approximate surface area is 232 Å². The van der Waals surface area contributed by atoms with E-state index in [1.165, 1.54) is 48.5 Å². The molecule has 1 fully saturated rings. The van der Waals surface area contributed by atoms with E-state index in [1.807, 2.05) is 0 Å². The predicted molar refractivity (Wildman–Crippen MR) is 136 cm³/mol. The molecular weight excluding hydrogens is 552 g/mol. The summed E-state index contributed by atoms with van der Waals surface area (Å²) in [6.07, 6.45) is -10.1. The van der Waals surface area contributed by atoms with Crippen LogP contribution >= 0.6 is 0 Å². The number of imidazole rings is 1. The fourth-order valence-corrected chi connectivity index (χ4v) is 3.82. The summed E-state index contributed by atoms with van der Waals surface area (Å²) in [6, 6.07) is 0.